The van der Waals surface area contributed by atoms with E-state index < -0.39 is 0 Å². The summed E-state index contributed by atoms with van der Waals surface area (Å²) >= 11 is 0. The molecule has 0 saturated carbocycles. The number of nitrogens with zero attached hydrogens (tertiary/aromatic N) is 3. The number of fused-ring (bicyclic) bond motifs is 2. The van der Waals surface area contributed by atoms with E-state index in [2.05, 4.69) is 16.0 Å². The Hall–Kier alpha value is -2.21. The summed E-state index contributed by atoms with van der Waals surface area (Å²) < 4.78 is 5.01. The molecule has 6 heteroatoms. The molecule has 1 saturated heterocycles. The number of amides is 1. The lowest BCUT2D eigenvalue weighted by atomic mass is 10.1. The summed E-state index contributed by atoms with van der Waals surface area (Å²) in [7, 11) is 0. The summed E-state index contributed by atoms with van der Waals surface area (Å²) in [6.07, 6.45) is 8.88. The van der Waals surface area contributed by atoms with Crippen molar-refractivity contribution in [3.05, 3.63) is 42.2 Å². The van der Waals surface area contributed by atoms with Gasteiger partial charge in [0.05, 0.1) is 31.7 Å². The van der Waals surface area contributed by atoms with Gasteiger partial charge >= 0.3 is 5.97 Å². The maximum Gasteiger partial charge on any atom is 0.307 e. The number of carbonyl (C=O) groups is 2. The van der Waals surface area contributed by atoms with E-state index in [1.54, 1.807) is 13.1 Å². The molecule has 1 aromatic heterocycles. The zero-order valence-electron chi connectivity index (χ0n) is 13.9. The fraction of sp³-hybridized carbons (Fsp3) is 0.500. The largest absolute Gasteiger partial charge is 0.466 e. The van der Waals surface area contributed by atoms with Crippen LogP contribution >= 0.6 is 0 Å². The molecule has 2 unspecified atom stereocenters. The number of hydrogen-bond donors (Lipinski definition) is 0. The molecule has 1 aliphatic heterocycles. The summed E-state index contributed by atoms with van der Waals surface area (Å²) in [5.41, 5.74) is 1.06. The Morgan fingerprint density at radius 1 is 1.46 bits per heavy atom. The summed E-state index contributed by atoms with van der Waals surface area (Å²) in [5.74, 6) is 0.0259. The van der Waals surface area contributed by atoms with Gasteiger partial charge in [-0.25, -0.2) is 0 Å². The van der Waals surface area contributed by atoms with E-state index in [0.717, 1.165) is 12.0 Å². The molecule has 1 amide bonds. The van der Waals surface area contributed by atoms with Crippen LogP contribution in [0.5, 0.6) is 0 Å². The molecular formula is C18H23N3O3. The number of aromatic nitrogens is 1. The van der Waals surface area contributed by atoms with Crippen LogP contribution in [0.4, 0.5) is 0 Å². The van der Waals surface area contributed by atoms with Gasteiger partial charge in [-0.05, 0) is 25.0 Å². The van der Waals surface area contributed by atoms with Crippen molar-refractivity contribution in [3.8, 4) is 0 Å². The van der Waals surface area contributed by atoms with E-state index in [1.165, 1.54) is 0 Å². The average Bonchev–Trinajstić information content (AvgIpc) is 3.17. The van der Waals surface area contributed by atoms with Gasteiger partial charge in [0.25, 0.3) is 0 Å². The van der Waals surface area contributed by atoms with Crippen LogP contribution in [0.2, 0.25) is 0 Å². The van der Waals surface area contributed by atoms with E-state index in [-0.39, 0.29) is 23.8 Å². The highest BCUT2D eigenvalue weighted by atomic mass is 16.5. The van der Waals surface area contributed by atoms with Crippen LogP contribution in [0.15, 0.2) is 36.7 Å². The second-order valence-electron chi connectivity index (χ2n) is 6.21. The second kappa shape index (κ2) is 7.57. The normalized spacial score (nSPS) is 21.8. The highest BCUT2D eigenvalue weighted by molar-refractivity contribution is 5.85. The highest BCUT2D eigenvalue weighted by Gasteiger charge is 2.41. The van der Waals surface area contributed by atoms with Gasteiger partial charge < -0.3 is 9.64 Å². The monoisotopic (exact) mass is 329 g/mol. The predicted octanol–water partition coefficient (Wildman–Crippen LogP) is 1.58. The average molecular weight is 329 g/mol. The molecule has 128 valence electrons. The minimum Gasteiger partial charge on any atom is -0.466 e. The molecule has 6 nitrogen and oxygen atoms in total. The summed E-state index contributed by atoms with van der Waals surface area (Å²) in [5, 5.41) is 0. The minimum atomic E-state index is -0.206. The first-order chi connectivity index (χ1) is 11.7. The molecule has 2 heterocycles. The third-order valence-corrected chi connectivity index (χ3v) is 4.48. The Morgan fingerprint density at radius 2 is 2.33 bits per heavy atom. The number of ether oxygens (including phenoxy) is 1. The Labute approximate surface area is 142 Å². The Balaban J connectivity index is 1.64. The Morgan fingerprint density at radius 3 is 3.00 bits per heavy atom. The van der Waals surface area contributed by atoms with Gasteiger partial charge in [0.2, 0.25) is 5.91 Å². The molecule has 2 bridgehead atoms. The molecule has 24 heavy (non-hydrogen) atoms. The lowest BCUT2D eigenvalue weighted by Crippen LogP contribution is -2.44. The standard InChI is InChI=1S/C18H23N3O3/c1-2-24-17(22)7-9-20(12-14-4-3-8-19-11-14)13-21-16-6-5-15(10-16)18(21)23/h3-6,8,11,15-16H,2,7,9-10,12-13H2,1H3. The smallest absolute Gasteiger partial charge is 0.307 e. The topological polar surface area (TPSA) is 62.7 Å². The molecule has 3 rings (SSSR count). The Kier molecular flexibility index (Phi) is 5.25. The summed E-state index contributed by atoms with van der Waals surface area (Å²) in [4.78, 5) is 32.2. The van der Waals surface area contributed by atoms with Crippen LogP contribution in [-0.4, -0.2) is 52.5 Å². The third kappa shape index (κ3) is 3.82. The fourth-order valence-corrected chi connectivity index (χ4v) is 3.29. The van der Waals surface area contributed by atoms with Crippen molar-refractivity contribution in [3.63, 3.8) is 0 Å². The molecule has 1 aromatic rings. The van der Waals surface area contributed by atoms with Gasteiger partial charge in [-0.1, -0.05) is 18.2 Å². The SMILES string of the molecule is CCOC(=O)CCN(Cc1cccnc1)CN1C(=O)C2C=CC1C2. The van der Waals surface area contributed by atoms with Crippen molar-refractivity contribution < 1.29 is 14.3 Å². The third-order valence-electron chi connectivity index (χ3n) is 4.48. The van der Waals surface area contributed by atoms with Crippen LogP contribution in [0.3, 0.4) is 0 Å². The van der Waals surface area contributed by atoms with E-state index >= 15 is 0 Å². The van der Waals surface area contributed by atoms with Gasteiger partial charge in [0.15, 0.2) is 0 Å². The van der Waals surface area contributed by atoms with Crippen LogP contribution in [0.1, 0.15) is 25.3 Å². The number of likely N-dealkylation sites (tertiary alicyclic amines) is 1. The molecule has 1 fully saturated rings. The molecule has 2 atom stereocenters. The van der Waals surface area contributed by atoms with Crippen LogP contribution in [0.25, 0.3) is 0 Å². The van der Waals surface area contributed by atoms with Crippen molar-refractivity contribution >= 4 is 11.9 Å². The lowest BCUT2D eigenvalue weighted by Gasteiger charge is -2.31. The van der Waals surface area contributed by atoms with Crippen molar-refractivity contribution in [2.24, 2.45) is 5.92 Å². The zero-order valence-corrected chi connectivity index (χ0v) is 13.9. The van der Waals surface area contributed by atoms with Gasteiger partial charge in [-0.2, -0.15) is 0 Å². The molecule has 1 aliphatic carbocycles. The van der Waals surface area contributed by atoms with Crippen molar-refractivity contribution in [2.75, 3.05) is 19.8 Å². The fourth-order valence-electron chi connectivity index (χ4n) is 3.29. The molecule has 0 spiro atoms. The van der Waals surface area contributed by atoms with E-state index in [9.17, 15) is 9.59 Å². The number of pyridine rings is 1. The van der Waals surface area contributed by atoms with Crippen molar-refractivity contribution in [2.45, 2.75) is 32.4 Å². The first-order valence-electron chi connectivity index (χ1n) is 8.43. The van der Waals surface area contributed by atoms with Gasteiger partial charge in [0.1, 0.15) is 0 Å². The van der Waals surface area contributed by atoms with E-state index in [0.29, 0.717) is 32.8 Å². The van der Waals surface area contributed by atoms with Gasteiger partial charge in [-0.15, -0.1) is 0 Å². The number of rotatable bonds is 8. The first-order valence-corrected chi connectivity index (χ1v) is 8.43. The molecular weight excluding hydrogens is 306 g/mol. The molecule has 2 aliphatic rings. The van der Waals surface area contributed by atoms with E-state index in [4.69, 9.17) is 4.74 Å². The van der Waals surface area contributed by atoms with Gasteiger partial charge in [-0.3, -0.25) is 19.5 Å². The number of hydrogen-bond acceptors (Lipinski definition) is 5. The Bertz CT molecular complexity index is 617. The lowest BCUT2D eigenvalue weighted by molar-refractivity contribution is -0.143. The molecule has 0 N–H and O–H groups in total. The first kappa shape index (κ1) is 16.6. The minimum absolute atomic E-state index is 0.0419. The van der Waals surface area contributed by atoms with E-state index in [1.807, 2.05) is 29.3 Å². The van der Waals surface area contributed by atoms with Crippen LogP contribution < -0.4 is 0 Å². The number of carbonyl (C=O) groups excluding carboxylic acids is 2. The maximum absolute atomic E-state index is 12.3. The number of esters is 1. The maximum atomic E-state index is 12.3. The van der Waals surface area contributed by atoms with Crippen molar-refractivity contribution in [1.29, 1.82) is 0 Å². The van der Waals surface area contributed by atoms with Crippen molar-refractivity contribution in [1.82, 2.24) is 14.8 Å². The second-order valence-corrected chi connectivity index (χ2v) is 6.21. The zero-order chi connectivity index (χ0) is 16.9. The van der Waals surface area contributed by atoms with Crippen LogP contribution in [-0.2, 0) is 20.9 Å². The highest BCUT2D eigenvalue weighted by Crippen LogP contribution is 2.32. The molecule has 0 aromatic carbocycles. The quantitative estimate of drug-likeness (QED) is 0.535. The van der Waals surface area contributed by atoms with Gasteiger partial charge in [0, 0.05) is 25.5 Å². The summed E-state index contributed by atoms with van der Waals surface area (Å²) in [6, 6.07) is 4.09. The predicted molar refractivity (Wildman–Crippen MR) is 88.6 cm³/mol. The summed E-state index contributed by atoms with van der Waals surface area (Å²) in [6.45, 7) is 3.92. The molecule has 0 radical (unpaired) electrons. The van der Waals surface area contributed by atoms with Crippen LogP contribution in [0, 0.1) is 5.92 Å².